The topological polar surface area (TPSA) is 114 Å². The number of hydrogen-bond acceptors (Lipinski definition) is 6. The molecule has 0 aliphatic heterocycles. The van der Waals surface area contributed by atoms with Crippen LogP contribution in [-0.4, -0.2) is 48.9 Å². The number of aliphatic hydroxyl groups is 1. The van der Waals surface area contributed by atoms with E-state index in [0.29, 0.717) is 5.56 Å². The zero-order valence-corrected chi connectivity index (χ0v) is 17.0. The SMILES string of the molecule is COC(=O)[C@@H](Cc1ccc(F)cc1)NC(=O)C[C@H](O)CNC(=O)OCc1ccccc1. The molecule has 0 saturated heterocycles. The maximum Gasteiger partial charge on any atom is 0.407 e. The van der Waals surface area contributed by atoms with Gasteiger partial charge in [-0.3, -0.25) is 4.79 Å². The van der Waals surface area contributed by atoms with E-state index in [1.165, 1.54) is 31.4 Å². The quantitative estimate of drug-likeness (QED) is 0.493. The molecule has 0 aromatic heterocycles. The Labute approximate surface area is 179 Å². The molecule has 0 heterocycles. The van der Waals surface area contributed by atoms with Crippen molar-refractivity contribution >= 4 is 18.0 Å². The first-order valence-electron chi connectivity index (χ1n) is 9.61. The monoisotopic (exact) mass is 432 g/mol. The molecule has 2 atom stereocenters. The third-order valence-corrected chi connectivity index (χ3v) is 4.29. The predicted octanol–water partition coefficient (Wildman–Crippen LogP) is 1.70. The Hall–Kier alpha value is -3.46. The van der Waals surface area contributed by atoms with E-state index in [-0.39, 0.29) is 26.0 Å². The van der Waals surface area contributed by atoms with Gasteiger partial charge in [-0.1, -0.05) is 42.5 Å². The molecule has 8 nitrogen and oxygen atoms in total. The molecule has 0 saturated carbocycles. The number of ether oxygens (including phenoxy) is 2. The number of amides is 2. The average molecular weight is 432 g/mol. The zero-order valence-electron chi connectivity index (χ0n) is 17.0. The number of methoxy groups -OCH3 is 1. The Kier molecular flexibility index (Phi) is 9.44. The summed E-state index contributed by atoms with van der Waals surface area (Å²) in [5.74, 6) is -1.69. The molecular weight excluding hydrogens is 407 g/mol. The molecule has 166 valence electrons. The van der Waals surface area contributed by atoms with Crippen LogP contribution in [0.1, 0.15) is 17.5 Å². The molecule has 0 aliphatic rings. The van der Waals surface area contributed by atoms with Crippen molar-refractivity contribution in [2.24, 2.45) is 0 Å². The highest BCUT2D eigenvalue weighted by Crippen LogP contribution is 2.08. The number of carbonyl (C=O) groups excluding carboxylic acids is 3. The van der Waals surface area contributed by atoms with E-state index in [9.17, 15) is 23.9 Å². The van der Waals surface area contributed by atoms with Crippen molar-refractivity contribution in [3.8, 4) is 0 Å². The number of aliphatic hydroxyl groups excluding tert-OH is 1. The molecule has 31 heavy (non-hydrogen) atoms. The van der Waals surface area contributed by atoms with Gasteiger partial charge in [-0.2, -0.15) is 0 Å². The van der Waals surface area contributed by atoms with Crippen LogP contribution in [0.5, 0.6) is 0 Å². The second-order valence-corrected chi connectivity index (χ2v) is 6.77. The summed E-state index contributed by atoms with van der Waals surface area (Å²) in [7, 11) is 1.19. The van der Waals surface area contributed by atoms with E-state index in [0.717, 1.165) is 5.56 Å². The van der Waals surface area contributed by atoms with E-state index in [1.807, 2.05) is 18.2 Å². The summed E-state index contributed by atoms with van der Waals surface area (Å²) in [6.45, 7) is -0.130. The van der Waals surface area contributed by atoms with Crippen molar-refractivity contribution in [1.29, 1.82) is 0 Å². The van der Waals surface area contributed by atoms with Gasteiger partial charge < -0.3 is 25.2 Å². The van der Waals surface area contributed by atoms with Crippen molar-refractivity contribution in [3.05, 3.63) is 71.5 Å². The minimum Gasteiger partial charge on any atom is -0.467 e. The average Bonchev–Trinajstić information content (AvgIpc) is 2.77. The lowest BCUT2D eigenvalue weighted by Crippen LogP contribution is -2.45. The maximum absolute atomic E-state index is 13.0. The lowest BCUT2D eigenvalue weighted by molar-refractivity contribution is -0.145. The fraction of sp³-hybridized carbons (Fsp3) is 0.318. The maximum atomic E-state index is 13.0. The molecule has 2 aromatic carbocycles. The van der Waals surface area contributed by atoms with Gasteiger partial charge in [0.1, 0.15) is 18.5 Å². The summed E-state index contributed by atoms with van der Waals surface area (Å²) < 4.78 is 22.8. The van der Waals surface area contributed by atoms with Crippen molar-refractivity contribution in [2.45, 2.75) is 31.6 Å². The van der Waals surface area contributed by atoms with Gasteiger partial charge in [-0.15, -0.1) is 0 Å². The van der Waals surface area contributed by atoms with Crippen LogP contribution in [0.25, 0.3) is 0 Å². The summed E-state index contributed by atoms with van der Waals surface area (Å²) in [6, 6.07) is 13.6. The molecule has 0 spiro atoms. The normalized spacial score (nSPS) is 12.4. The highest BCUT2D eigenvalue weighted by atomic mass is 19.1. The van der Waals surface area contributed by atoms with Crippen LogP contribution in [0.15, 0.2) is 54.6 Å². The molecule has 2 amide bonds. The number of carbonyl (C=O) groups is 3. The van der Waals surface area contributed by atoms with Crippen LogP contribution in [0.2, 0.25) is 0 Å². The van der Waals surface area contributed by atoms with Gasteiger partial charge in [0.05, 0.1) is 19.6 Å². The molecule has 0 unspecified atom stereocenters. The fourth-order valence-electron chi connectivity index (χ4n) is 2.71. The van der Waals surface area contributed by atoms with Crippen LogP contribution >= 0.6 is 0 Å². The standard InChI is InChI=1S/C22H25FN2O6/c1-30-21(28)19(11-15-7-9-17(23)10-8-15)25-20(27)12-18(26)13-24-22(29)31-14-16-5-3-2-4-6-16/h2-10,18-19,26H,11-14H2,1H3,(H,24,29)(H,25,27)/t18-,19+/m0/s1. The van der Waals surface area contributed by atoms with Gasteiger partial charge in [-0.05, 0) is 23.3 Å². The zero-order chi connectivity index (χ0) is 22.6. The first kappa shape index (κ1) is 23.8. The first-order valence-corrected chi connectivity index (χ1v) is 9.61. The molecule has 0 bridgehead atoms. The first-order chi connectivity index (χ1) is 14.9. The fourth-order valence-corrected chi connectivity index (χ4v) is 2.71. The third kappa shape index (κ3) is 8.83. The minimum absolute atomic E-state index is 0.0768. The van der Waals surface area contributed by atoms with E-state index < -0.39 is 35.9 Å². The van der Waals surface area contributed by atoms with Crippen molar-refractivity contribution in [1.82, 2.24) is 10.6 Å². The van der Waals surface area contributed by atoms with Gasteiger partial charge in [0.2, 0.25) is 5.91 Å². The lowest BCUT2D eigenvalue weighted by atomic mass is 10.1. The summed E-state index contributed by atoms with van der Waals surface area (Å²) in [5.41, 5.74) is 1.44. The number of nitrogens with one attached hydrogen (secondary N) is 2. The Bertz CT molecular complexity index is 860. The predicted molar refractivity (Wildman–Crippen MR) is 109 cm³/mol. The number of alkyl carbamates (subject to hydrolysis) is 1. The highest BCUT2D eigenvalue weighted by molar-refractivity contribution is 5.84. The molecule has 0 aliphatic carbocycles. The van der Waals surface area contributed by atoms with Crippen LogP contribution in [0.4, 0.5) is 9.18 Å². The second-order valence-electron chi connectivity index (χ2n) is 6.77. The third-order valence-electron chi connectivity index (χ3n) is 4.29. The van der Waals surface area contributed by atoms with Crippen LogP contribution in [0, 0.1) is 5.82 Å². The van der Waals surface area contributed by atoms with Crippen molar-refractivity contribution < 1.29 is 33.4 Å². The van der Waals surface area contributed by atoms with Gasteiger partial charge in [0.25, 0.3) is 0 Å². The smallest absolute Gasteiger partial charge is 0.407 e. The van der Waals surface area contributed by atoms with Crippen LogP contribution in [-0.2, 0) is 32.1 Å². The van der Waals surface area contributed by atoms with Crippen molar-refractivity contribution in [3.63, 3.8) is 0 Å². The van der Waals surface area contributed by atoms with Crippen LogP contribution < -0.4 is 10.6 Å². The van der Waals surface area contributed by atoms with E-state index >= 15 is 0 Å². The van der Waals surface area contributed by atoms with E-state index in [2.05, 4.69) is 10.6 Å². The number of esters is 1. The summed E-state index contributed by atoms with van der Waals surface area (Å²) in [6.07, 6.45) is -2.17. The molecule has 2 aromatic rings. The summed E-state index contributed by atoms with van der Waals surface area (Å²) >= 11 is 0. The second kappa shape index (κ2) is 12.3. The Morgan fingerprint density at radius 1 is 1.03 bits per heavy atom. The molecule has 0 radical (unpaired) electrons. The number of halogens is 1. The molecule has 0 fully saturated rings. The Morgan fingerprint density at radius 2 is 1.71 bits per heavy atom. The van der Waals surface area contributed by atoms with E-state index in [4.69, 9.17) is 9.47 Å². The van der Waals surface area contributed by atoms with Crippen LogP contribution in [0.3, 0.4) is 0 Å². The molecule has 9 heteroatoms. The molecule has 2 rings (SSSR count). The van der Waals surface area contributed by atoms with Gasteiger partial charge >= 0.3 is 12.1 Å². The Morgan fingerprint density at radius 3 is 2.35 bits per heavy atom. The number of benzene rings is 2. The highest BCUT2D eigenvalue weighted by Gasteiger charge is 2.23. The Balaban J connectivity index is 1.76. The number of rotatable bonds is 10. The number of hydrogen-bond donors (Lipinski definition) is 3. The van der Waals surface area contributed by atoms with E-state index in [1.54, 1.807) is 12.1 Å². The summed E-state index contributed by atoms with van der Waals surface area (Å²) in [5, 5.41) is 14.9. The van der Waals surface area contributed by atoms with Gasteiger partial charge in [0.15, 0.2) is 0 Å². The van der Waals surface area contributed by atoms with Gasteiger partial charge in [-0.25, -0.2) is 14.0 Å². The largest absolute Gasteiger partial charge is 0.467 e. The van der Waals surface area contributed by atoms with Crippen molar-refractivity contribution in [2.75, 3.05) is 13.7 Å². The molecular formula is C22H25FN2O6. The summed E-state index contributed by atoms with van der Waals surface area (Å²) in [4.78, 5) is 35.9. The lowest BCUT2D eigenvalue weighted by Gasteiger charge is -2.18. The van der Waals surface area contributed by atoms with Gasteiger partial charge in [0, 0.05) is 13.0 Å². The molecule has 3 N–H and O–H groups in total. The minimum atomic E-state index is -1.19.